The molecule has 0 aromatic carbocycles. The molecular formula is C19H27ClN4O2S. The van der Waals surface area contributed by atoms with Gasteiger partial charge >= 0.3 is 0 Å². The third-order valence-electron chi connectivity index (χ3n) is 5.65. The smallest absolute Gasteiger partial charge is 0.224 e. The lowest BCUT2D eigenvalue weighted by atomic mass is 9.83. The molecule has 0 atom stereocenters. The summed E-state index contributed by atoms with van der Waals surface area (Å²) in [7, 11) is 0. The monoisotopic (exact) mass is 410 g/mol. The van der Waals surface area contributed by atoms with Crippen LogP contribution in [0.1, 0.15) is 31.6 Å². The van der Waals surface area contributed by atoms with Crippen LogP contribution in [0.25, 0.3) is 10.2 Å². The van der Waals surface area contributed by atoms with E-state index in [0.717, 1.165) is 74.8 Å². The van der Waals surface area contributed by atoms with Crippen molar-refractivity contribution < 1.29 is 9.84 Å². The third kappa shape index (κ3) is 4.38. The lowest BCUT2D eigenvalue weighted by molar-refractivity contribution is -0.0134. The van der Waals surface area contributed by atoms with E-state index in [1.54, 1.807) is 11.3 Å². The molecule has 0 unspecified atom stereocenters. The molecule has 0 bridgehead atoms. The van der Waals surface area contributed by atoms with Crippen LogP contribution >= 0.6 is 22.9 Å². The Morgan fingerprint density at radius 1 is 1.22 bits per heavy atom. The van der Waals surface area contributed by atoms with Crippen LogP contribution in [0.2, 0.25) is 5.28 Å². The molecule has 2 aliphatic heterocycles. The molecule has 0 aliphatic carbocycles. The molecular weight excluding hydrogens is 384 g/mol. The first-order valence-electron chi connectivity index (χ1n) is 9.63. The van der Waals surface area contributed by atoms with E-state index in [-0.39, 0.29) is 0 Å². The van der Waals surface area contributed by atoms with Crippen molar-refractivity contribution in [2.45, 2.75) is 38.8 Å². The Bertz CT molecular complexity index is 793. The number of anilines is 1. The largest absolute Gasteiger partial charge is 0.390 e. The number of aliphatic hydroxyl groups is 1. The Balaban J connectivity index is 1.50. The number of piperidine rings is 1. The maximum atomic E-state index is 10.2. The van der Waals surface area contributed by atoms with Crippen molar-refractivity contribution >= 4 is 39.0 Å². The maximum absolute atomic E-state index is 10.2. The van der Waals surface area contributed by atoms with Gasteiger partial charge in [-0.05, 0) is 63.4 Å². The van der Waals surface area contributed by atoms with Crippen LogP contribution in [0, 0.1) is 5.92 Å². The summed E-state index contributed by atoms with van der Waals surface area (Å²) >= 11 is 7.96. The SMILES string of the molecule is CC(C)(O)C1CCN(Cc2cc3nc(Cl)nc(N4CCOCC4)c3s2)CC1. The Hall–Kier alpha value is -0.990. The Morgan fingerprint density at radius 3 is 2.59 bits per heavy atom. The zero-order valence-electron chi connectivity index (χ0n) is 15.9. The molecule has 0 radical (unpaired) electrons. The van der Waals surface area contributed by atoms with Crippen molar-refractivity contribution in [2.75, 3.05) is 44.3 Å². The van der Waals surface area contributed by atoms with Crippen LogP contribution in [-0.4, -0.2) is 65.0 Å². The molecule has 6 nitrogen and oxygen atoms in total. The summed E-state index contributed by atoms with van der Waals surface area (Å²) in [4.78, 5) is 15.0. The predicted molar refractivity (Wildman–Crippen MR) is 110 cm³/mol. The number of likely N-dealkylation sites (tertiary alicyclic amines) is 1. The Morgan fingerprint density at radius 2 is 1.93 bits per heavy atom. The zero-order valence-corrected chi connectivity index (χ0v) is 17.5. The van der Waals surface area contributed by atoms with Gasteiger partial charge in [0.15, 0.2) is 5.82 Å². The molecule has 4 rings (SSSR count). The van der Waals surface area contributed by atoms with Gasteiger partial charge in [-0.1, -0.05) is 0 Å². The molecule has 148 valence electrons. The van der Waals surface area contributed by atoms with Crippen LogP contribution < -0.4 is 4.90 Å². The summed E-state index contributed by atoms with van der Waals surface area (Å²) in [6.07, 6.45) is 2.08. The molecule has 0 amide bonds. The van der Waals surface area contributed by atoms with E-state index in [9.17, 15) is 5.11 Å². The number of fused-ring (bicyclic) bond motifs is 1. The molecule has 2 aliphatic rings. The second-order valence-electron chi connectivity index (χ2n) is 8.05. The van der Waals surface area contributed by atoms with Gasteiger partial charge < -0.3 is 14.7 Å². The number of rotatable bonds is 4. The summed E-state index contributed by atoms with van der Waals surface area (Å²) in [6.45, 7) is 9.91. The highest BCUT2D eigenvalue weighted by Crippen LogP contribution is 2.35. The van der Waals surface area contributed by atoms with Crippen molar-refractivity contribution in [3.63, 3.8) is 0 Å². The molecule has 27 heavy (non-hydrogen) atoms. The highest BCUT2D eigenvalue weighted by atomic mass is 35.5. The van der Waals surface area contributed by atoms with Gasteiger partial charge in [0.05, 0.1) is 29.0 Å². The number of halogens is 1. The first-order chi connectivity index (χ1) is 12.9. The highest BCUT2D eigenvalue weighted by molar-refractivity contribution is 7.19. The van der Waals surface area contributed by atoms with E-state index in [1.807, 2.05) is 13.8 Å². The van der Waals surface area contributed by atoms with Crippen molar-refractivity contribution in [3.05, 3.63) is 16.2 Å². The first-order valence-corrected chi connectivity index (χ1v) is 10.8. The first kappa shape index (κ1) is 19.3. The van der Waals surface area contributed by atoms with E-state index >= 15 is 0 Å². The highest BCUT2D eigenvalue weighted by Gasteiger charge is 2.30. The van der Waals surface area contributed by atoms with Crippen molar-refractivity contribution in [3.8, 4) is 0 Å². The standard InChI is InChI=1S/C19H27ClN4O2S/c1-19(2,25)13-3-5-23(6-4-13)12-14-11-15-16(27-14)17(22-18(20)21-15)24-7-9-26-10-8-24/h11,13,25H,3-10,12H2,1-2H3. The van der Waals surface area contributed by atoms with Gasteiger partial charge in [-0.3, -0.25) is 4.90 Å². The summed E-state index contributed by atoms with van der Waals surface area (Å²) in [5.74, 6) is 1.32. The summed E-state index contributed by atoms with van der Waals surface area (Å²) < 4.78 is 6.58. The second-order valence-corrected chi connectivity index (χ2v) is 9.52. The van der Waals surface area contributed by atoms with Gasteiger partial charge in [-0.15, -0.1) is 11.3 Å². The normalized spacial score (nSPS) is 20.5. The average molecular weight is 411 g/mol. The van der Waals surface area contributed by atoms with E-state index in [1.165, 1.54) is 4.88 Å². The molecule has 1 N–H and O–H groups in total. The molecule has 2 aromatic rings. The predicted octanol–water partition coefficient (Wildman–Crippen LogP) is 3.16. The number of aromatic nitrogens is 2. The lowest BCUT2D eigenvalue weighted by Gasteiger charge is -2.37. The van der Waals surface area contributed by atoms with Crippen LogP contribution in [0.3, 0.4) is 0 Å². The van der Waals surface area contributed by atoms with Crippen LogP contribution in [0.5, 0.6) is 0 Å². The number of nitrogens with zero attached hydrogens (tertiary/aromatic N) is 4. The number of ether oxygens (including phenoxy) is 1. The Labute approximate surface area is 169 Å². The van der Waals surface area contributed by atoms with Gasteiger partial charge in [0.1, 0.15) is 0 Å². The molecule has 2 saturated heterocycles. The molecule has 0 spiro atoms. The van der Waals surface area contributed by atoms with E-state index < -0.39 is 5.60 Å². The van der Waals surface area contributed by atoms with Gasteiger partial charge in [-0.2, -0.15) is 4.98 Å². The van der Waals surface area contributed by atoms with E-state index in [4.69, 9.17) is 16.3 Å². The fraction of sp³-hybridized carbons (Fsp3) is 0.684. The topological polar surface area (TPSA) is 61.7 Å². The van der Waals surface area contributed by atoms with Crippen LogP contribution in [0.4, 0.5) is 5.82 Å². The van der Waals surface area contributed by atoms with Crippen LogP contribution in [-0.2, 0) is 11.3 Å². The second kappa shape index (κ2) is 7.79. The minimum absolute atomic E-state index is 0.305. The van der Waals surface area contributed by atoms with Gasteiger partial charge in [0, 0.05) is 24.5 Å². The van der Waals surface area contributed by atoms with Gasteiger partial charge in [0.25, 0.3) is 0 Å². The summed E-state index contributed by atoms with van der Waals surface area (Å²) in [6, 6.07) is 2.15. The van der Waals surface area contributed by atoms with Crippen molar-refractivity contribution in [1.29, 1.82) is 0 Å². The molecule has 4 heterocycles. The minimum atomic E-state index is -0.580. The maximum Gasteiger partial charge on any atom is 0.224 e. The zero-order chi connectivity index (χ0) is 19.0. The van der Waals surface area contributed by atoms with Crippen LogP contribution in [0.15, 0.2) is 6.07 Å². The van der Waals surface area contributed by atoms with Gasteiger partial charge in [-0.25, -0.2) is 4.98 Å². The summed E-state index contributed by atoms with van der Waals surface area (Å²) in [5, 5.41) is 10.5. The fourth-order valence-corrected chi connectivity index (χ4v) is 5.35. The summed E-state index contributed by atoms with van der Waals surface area (Å²) in [5.41, 5.74) is 0.353. The Kier molecular flexibility index (Phi) is 5.58. The molecule has 2 fully saturated rings. The third-order valence-corrected chi connectivity index (χ3v) is 6.93. The fourth-order valence-electron chi connectivity index (χ4n) is 4.02. The molecule has 8 heteroatoms. The quantitative estimate of drug-likeness (QED) is 0.781. The van der Waals surface area contributed by atoms with Gasteiger partial charge in [0.2, 0.25) is 5.28 Å². The van der Waals surface area contributed by atoms with E-state index in [0.29, 0.717) is 11.2 Å². The van der Waals surface area contributed by atoms with E-state index in [2.05, 4.69) is 25.8 Å². The van der Waals surface area contributed by atoms with Crippen molar-refractivity contribution in [1.82, 2.24) is 14.9 Å². The lowest BCUT2D eigenvalue weighted by Crippen LogP contribution is -2.41. The molecule has 2 aromatic heterocycles. The van der Waals surface area contributed by atoms with Crippen molar-refractivity contribution in [2.24, 2.45) is 5.92 Å². The average Bonchev–Trinajstić information content (AvgIpc) is 3.03. The number of hydrogen-bond donors (Lipinski definition) is 1. The number of morpholine rings is 1. The molecule has 0 saturated carbocycles. The number of hydrogen-bond acceptors (Lipinski definition) is 7. The minimum Gasteiger partial charge on any atom is -0.390 e. The number of thiophene rings is 1.